The molecule has 2 aromatic rings. The molecule has 6 heteroatoms. The highest BCUT2D eigenvalue weighted by molar-refractivity contribution is 7.11. The molecule has 0 amide bonds. The molecule has 2 rings (SSSR count). The number of rotatable bonds is 6. The van der Waals surface area contributed by atoms with Crippen LogP contribution >= 0.6 is 22.7 Å². The summed E-state index contributed by atoms with van der Waals surface area (Å²) >= 11 is 3.57. The van der Waals surface area contributed by atoms with Crippen molar-refractivity contribution in [3.63, 3.8) is 0 Å². The number of aryl methyl sites for hydroxylation is 1. The summed E-state index contributed by atoms with van der Waals surface area (Å²) in [6.07, 6.45) is 3.93. The summed E-state index contributed by atoms with van der Waals surface area (Å²) in [6, 6.07) is 4.28. The fourth-order valence-corrected chi connectivity index (χ4v) is 3.51. The molecule has 0 fully saturated rings. The summed E-state index contributed by atoms with van der Waals surface area (Å²) < 4.78 is 0. The molecule has 0 saturated heterocycles. The molecule has 0 aliphatic rings. The Bertz CT molecular complexity index is 560. The van der Waals surface area contributed by atoms with Gasteiger partial charge in [0.15, 0.2) is 5.96 Å². The third kappa shape index (κ3) is 5.13. The minimum Gasteiger partial charge on any atom is -0.356 e. The highest BCUT2D eigenvalue weighted by Gasteiger charge is 2.06. The predicted molar refractivity (Wildman–Crippen MR) is 92.6 cm³/mol. The summed E-state index contributed by atoms with van der Waals surface area (Å²) in [6.45, 7) is 3.92. The monoisotopic (exact) mass is 322 g/mol. The molecule has 2 aromatic heterocycles. The minimum absolute atomic E-state index is 0.864. The normalized spacial score (nSPS) is 11.7. The van der Waals surface area contributed by atoms with Crippen LogP contribution in [0.5, 0.6) is 0 Å². The summed E-state index contributed by atoms with van der Waals surface area (Å²) in [7, 11) is 3.91. The molecule has 114 valence electrons. The lowest BCUT2D eigenvalue weighted by Crippen LogP contribution is -2.40. The van der Waals surface area contributed by atoms with Crippen LogP contribution in [0.1, 0.15) is 14.8 Å². The Balaban J connectivity index is 1.74. The lowest BCUT2D eigenvalue weighted by atomic mass is 10.3. The van der Waals surface area contributed by atoms with Gasteiger partial charge < -0.3 is 10.2 Å². The van der Waals surface area contributed by atoms with Crippen molar-refractivity contribution >= 4 is 28.6 Å². The first-order chi connectivity index (χ1) is 10.2. The van der Waals surface area contributed by atoms with Gasteiger partial charge in [0.1, 0.15) is 0 Å². The molecule has 0 aromatic carbocycles. The molecule has 0 aliphatic heterocycles. The molecule has 0 aliphatic carbocycles. The van der Waals surface area contributed by atoms with Crippen LogP contribution < -0.4 is 5.32 Å². The summed E-state index contributed by atoms with van der Waals surface area (Å²) in [5.74, 6) is 0.944. The van der Waals surface area contributed by atoms with E-state index in [4.69, 9.17) is 0 Å². The van der Waals surface area contributed by atoms with Crippen LogP contribution in [0.4, 0.5) is 0 Å². The van der Waals surface area contributed by atoms with Crippen LogP contribution in [-0.4, -0.2) is 43.0 Å². The predicted octanol–water partition coefficient (Wildman–Crippen LogP) is 2.81. The largest absolute Gasteiger partial charge is 0.356 e. The highest BCUT2D eigenvalue weighted by Crippen LogP contribution is 2.11. The van der Waals surface area contributed by atoms with Gasteiger partial charge in [-0.2, -0.15) is 0 Å². The average molecular weight is 323 g/mol. The van der Waals surface area contributed by atoms with Gasteiger partial charge in [0, 0.05) is 49.6 Å². The number of thiazole rings is 1. The number of likely N-dealkylation sites (N-methyl/N-ethyl adjacent to an activating group) is 1. The molecular formula is C15H22N4S2. The van der Waals surface area contributed by atoms with Crippen LogP contribution in [-0.2, 0) is 12.8 Å². The molecule has 0 atom stereocenters. The number of aliphatic imine (C=N–C) groups is 1. The Labute approximate surface area is 134 Å². The SMILES string of the molecule is CN=C(NCCc1ncc(C)s1)N(C)CCc1cccs1. The quantitative estimate of drug-likeness (QED) is 0.657. The van der Waals surface area contributed by atoms with Gasteiger partial charge in [-0.25, -0.2) is 4.98 Å². The van der Waals surface area contributed by atoms with Crippen LogP contribution in [0.3, 0.4) is 0 Å². The van der Waals surface area contributed by atoms with E-state index < -0.39 is 0 Å². The van der Waals surface area contributed by atoms with E-state index in [1.165, 1.54) is 14.8 Å². The molecule has 0 radical (unpaired) electrons. The molecule has 4 nitrogen and oxygen atoms in total. The van der Waals surface area contributed by atoms with Crippen molar-refractivity contribution in [1.29, 1.82) is 0 Å². The van der Waals surface area contributed by atoms with Crippen LogP contribution in [0.2, 0.25) is 0 Å². The van der Waals surface area contributed by atoms with Crippen molar-refractivity contribution in [1.82, 2.24) is 15.2 Å². The lowest BCUT2D eigenvalue weighted by molar-refractivity contribution is 0.487. The van der Waals surface area contributed by atoms with Crippen LogP contribution in [0.25, 0.3) is 0 Å². The first-order valence-corrected chi connectivity index (χ1v) is 8.74. The van der Waals surface area contributed by atoms with Crippen molar-refractivity contribution in [2.45, 2.75) is 19.8 Å². The van der Waals surface area contributed by atoms with Crippen molar-refractivity contribution in [2.75, 3.05) is 27.2 Å². The van der Waals surface area contributed by atoms with Gasteiger partial charge in [-0.1, -0.05) is 6.07 Å². The number of hydrogen-bond donors (Lipinski definition) is 1. The van der Waals surface area contributed by atoms with E-state index >= 15 is 0 Å². The van der Waals surface area contributed by atoms with E-state index in [9.17, 15) is 0 Å². The van der Waals surface area contributed by atoms with E-state index in [1.54, 1.807) is 11.3 Å². The standard InChI is InChI=1S/C15H22N4S2/c1-12-11-18-14(21-12)6-8-17-15(16-2)19(3)9-7-13-5-4-10-20-13/h4-5,10-11H,6-9H2,1-3H3,(H,16,17). The smallest absolute Gasteiger partial charge is 0.193 e. The minimum atomic E-state index is 0.864. The van der Waals surface area contributed by atoms with E-state index in [-0.39, 0.29) is 0 Å². The topological polar surface area (TPSA) is 40.5 Å². The third-order valence-corrected chi connectivity index (χ3v) is 5.05. The van der Waals surface area contributed by atoms with Crippen molar-refractivity contribution in [2.24, 2.45) is 4.99 Å². The lowest BCUT2D eigenvalue weighted by Gasteiger charge is -2.21. The highest BCUT2D eigenvalue weighted by atomic mass is 32.1. The molecule has 0 spiro atoms. The maximum absolute atomic E-state index is 4.38. The van der Waals surface area contributed by atoms with E-state index in [0.717, 1.165) is 31.9 Å². The number of nitrogens with one attached hydrogen (secondary N) is 1. The van der Waals surface area contributed by atoms with Crippen molar-refractivity contribution in [3.8, 4) is 0 Å². The Morgan fingerprint density at radius 1 is 1.43 bits per heavy atom. The van der Waals surface area contributed by atoms with Crippen LogP contribution in [0, 0.1) is 6.92 Å². The zero-order valence-corrected chi connectivity index (χ0v) is 14.4. The van der Waals surface area contributed by atoms with E-state index in [1.807, 2.05) is 24.6 Å². The first-order valence-electron chi connectivity index (χ1n) is 7.04. The Kier molecular flexibility index (Phi) is 6.20. The number of aromatic nitrogens is 1. The van der Waals surface area contributed by atoms with E-state index in [2.05, 4.69) is 51.7 Å². The molecule has 1 N–H and O–H groups in total. The van der Waals surface area contributed by atoms with E-state index in [0.29, 0.717) is 0 Å². The number of hydrogen-bond acceptors (Lipinski definition) is 4. The molecule has 0 saturated carbocycles. The van der Waals surface area contributed by atoms with Gasteiger partial charge in [-0.05, 0) is 24.8 Å². The van der Waals surface area contributed by atoms with Gasteiger partial charge in [0.25, 0.3) is 0 Å². The zero-order valence-electron chi connectivity index (χ0n) is 12.8. The molecule has 0 unspecified atom stereocenters. The second-order valence-electron chi connectivity index (χ2n) is 4.84. The second-order valence-corrected chi connectivity index (χ2v) is 7.19. The fourth-order valence-electron chi connectivity index (χ4n) is 2.02. The van der Waals surface area contributed by atoms with Crippen molar-refractivity contribution in [3.05, 3.63) is 38.5 Å². The number of thiophene rings is 1. The Morgan fingerprint density at radius 2 is 2.29 bits per heavy atom. The third-order valence-electron chi connectivity index (χ3n) is 3.14. The molecule has 21 heavy (non-hydrogen) atoms. The number of nitrogens with zero attached hydrogens (tertiary/aromatic N) is 3. The maximum Gasteiger partial charge on any atom is 0.193 e. The first kappa shape index (κ1) is 16.0. The van der Waals surface area contributed by atoms with Crippen LogP contribution in [0.15, 0.2) is 28.7 Å². The molecule has 0 bridgehead atoms. The summed E-state index contributed by atoms with van der Waals surface area (Å²) in [4.78, 5) is 13.6. The molecule has 2 heterocycles. The zero-order chi connectivity index (χ0) is 15.1. The second kappa shape index (κ2) is 8.14. The maximum atomic E-state index is 4.38. The fraction of sp³-hybridized carbons (Fsp3) is 0.467. The average Bonchev–Trinajstić information content (AvgIpc) is 3.12. The Hall–Kier alpha value is -1.40. The van der Waals surface area contributed by atoms with Gasteiger partial charge in [-0.3, -0.25) is 4.99 Å². The van der Waals surface area contributed by atoms with Gasteiger partial charge in [-0.15, -0.1) is 22.7 Å². The van der Waals surface area contributed by atoms with Crippen molar-refractivity contribution < 1.29 is 0 Å². The number of guanidine groups is 1. The van der Waals surface area contributed by atoms with Gasteiger partial charge in [0.05, 0.1) is 5.01 Å². The summed E-state index contributed by atoms with van der Waals surface area (Å²) in [5, 5.41) is 6.70. The van der Waals surface area contributed by atoms with Gasteiger partial charge >= 0.3 is 0 Å². The summed E-state index contributed by atoms with van der Waals surface area (Å²) in [5.41, 5.74) is 0. The molecular weight excluding hydrogens is 300 g/mol. The van der Waals surface area contributed by atoms with Gasteiger partial charge in [0.2, 0.25) is 0 Å². The Morgan fingerprint density at radius 3 is 2.90 bits per heavy atom.